The standard InChI is InChI=1S/C14H22O5/c15-6-7-17-8-9-18-11-14(16)12-19-10-13-4-2-1-3-5-13/h1-5,14-16H,6-12H2. The van der Waals surface area contributed by atoms with E-state index in [9.17, 15) is 5.11 Å². The van der Waals surface area contributed by atoms with Crippen molar-refractivity contribution < 1.29 is 24.4 Å². The first-order valence-corrected chi connectivity index (χ1v) is 6.39. The number of aliphatic hydroxyl groups excluding tert-OH is 2. The highest BCUT2D eigenvalue weighted by Crippen LogP contribution is 2.01. The van der Waals surface area contributed by atoms with Crippen molar-refractivity contribution in [3.63, 3.8) is 0 Å². The Morgan fingerprint density at radius 1 is 0.895 bits per heavy atom. The first-order valence-electron chi connectivity index (χ1n) is 6.39. The van der Waals surface area contributed by atoms with Crippen LogP contribution in [-0.2, 0) is 20.8 Å². The molecule has 5 heteroatoms. The molecule has 5 nitrogen and oxygen atoms in total. The van der Waals surface area contributed by atoms with E-state index in [0.29, 0.717) is 26.4 Å². The molecule has 2 N–H and O–H groups in total. The smallest absolute Gasteiger partial charge is 0.101 e. The summed E-state index contributed by atoms with van der Waals surface area (Å²) in [6, 6.07) is 9.79. The third kappa shape index (κ3) is 8.69. The van der Waals surface area contributed by atoms with Crippen LogP contribution in [0.25, 0.3) is 0 Å². The Labute approximate surface area is 113 Å². The number of hydrogen-bond acceptors (Lipinski definition) is 5. The molecule has 0 saturated heterocycles. The summed E-state index contributed by atoms with van der Waals surface area (Å²) >= 11 is 0. The van der Waals surface area contributed by atoms with Gasteiger partial charge in [-0.2, -0.15) is 0 Å². The topological polar surface area (TPSA) is 68.2 Å². The van der Waals surface area contributed by atoms with E-state index >= 15 is 0 Å². The Morgan fingerprint density at radius 3 is 2.32 bits per heavy atom. The zero-order valence-electron chi connectivity index (χ0n) is 11.0. The molecule has 0 fully saturated rings. The molecule has 1 unspecified atom stereocenters. The molecule has 0 heterocycles. The summed E-state index contributed by atoms with van der Waals surface area (Å²) in [5, 5.41) is 18.1. The molecule has 1 aromatic carbocycles. The van der Waals surface area contributed by atoms with E-state index in [-0.39, 0.29) is 19.8 Å². The molecule has 0 saturated carbocycles. The van der Waals surface area contributed by atoms with Gasteiger partial charge in [0, 0.05) is 0 Å². The van der Waals surface area contributed by atoms with Gasteiger partial charge in [0.1, 0.15) is 6.10 Å². The summed E-state index contributed by atoms with van der Waals surface area (Å²) in [5.41, 5.74) is 1.08. The van der Waals surface area contributed by atoms with Crippen LogP contribution in [0.2, 0.25) is 0 Å². The number of hydrogen-bond donors (Lipinski definition) is 2. The lowest BCUT2D eigenvalue weighted by atomic mass is 10.2. The minimum atomic E-state index is -0.637. The predicted molar refractivity (Wildman–Crippen MR) is 70.8 cm³/mol. The van der Waals surface area contributed by atoms with Crippen molar-refractivity contribution in [1.82, 2.24) is 0 Å². The summed E-state index contributed by atoms with van der Waals surface area (Å²) < 4.78 is 15.6. The van der Waals surface area contributed by atoms with E-state index in [1.165, 1.54) is 0 Å². The van der Waals surface area contributed by atoms with E-state index in [1.807, 2.05) is 30.3 Å². The highest BCUT2D eigenvalue weighted by atomic mass is 16.5. The predicted octanol–water partition coefficient (Wildman–Crippen LogP) is 0.590. The minimum absolute atomic E-state index is 0.00987. The molecular weight excluding hydrogens is 248 g/mol. The summed E-state index contributed by atoms with van der Waals surface area (Å²) in [7, 11) is 0. The molecule has 0 aromatic heterocycles. The van der Waals surface area contributed by atoms with Crippen molar-refractivity contribution in [2.24, 2.45) is 0 Å². The van der Waals surface area contributed by atoms with E-state index in [4.69, 9.17) is 19.3 Å². The van der Waals surface area contributed by atoms with Crippen LogP contribution < -0.4 is 0 Å². The average molecular weight is 270 g/mol. The van der Waals surface area contributed by atoms with Crippen molar-refractivity contribution in [3.8, 4) is 0 Å². The fraction of sp³-hybridized carbons (Fsp3) is 0.571. The van der Waals surface area contributed by atoms with Gasteiger partial charge in [-0.25, -0.2) is 0 Å². The molecule has 19 heavy (non-hydrogen) atoms. The molecular formula is C14H22O5. The Balaban J connectivity index is 1.94. The monoisotopic (exact) mass is 270 g/mol. The molecule has 0 amide bonds. The summed E-state index contributed by atoms with van der Waals surface area (Å²) in [6.07, 6.45) is -0.637. The SMILES string of the molecule is OCCOCCOCC(O)COCc1ccccc1. The average Bonchev–Trinajstić information content (AvgIpc) is 2.44. The maximum Gasteiger partial charge on any atom is 0.101 e. The Bertz CT molecular complexity index is 304. The Morgan fingerprint density at radius 2 is 1.58 bits per heavy atom. The molecule has 0 bridgehead atoms. The lowest BCUT2D eigenvalue weighted by Crippen LogP contribution is -2.23. The summed E-state index contributed by atoms with van der Waals surface area (Å²) in [5.74, 6) is 0. The zero-order chi connectivity index (χ0) is 13.8. The zero-order valence-corrected chi connectivity index (χ0v) is 11.0. The number of aliphatic hydroxyl groups is 2. The van der Waals surface area contributed by atoms with Crippen molar-refractivity contribution in [1.29, 1.82) is 0 Å². The Kier molecular flexibility index (Phi) is 9.22. The highest BCUT2D eigenvalue weighted by Gasteiger charge is 2.04. The van der Waals surface area contributed by atoms with Crippen molar-refractivity contribution >= 4 is 0 Å². The second-order valence-corrected chi connectivity index (χ2v) is 4.07. The molecule has 1 rings (SSSR count). The molecule has 0 spiro atoms. The van der Waals surface area contributed by atoms with Gasteiger partial charge < -0.3 is 24.4 Å². The van der Waals surface area contributed by atoms with Crippen molar-refractivity contribution in [2.75, 3.05) is 39.6 Å². The molecule has 1 atom stereocenters. The van der Waals surface area contributed by atoms with E-state index < -0.39 is 6.10 Å². The molecule has 0 aliphatic carbocycles. The third-order valence-corrected chi connectivity index (χ3v) is 2.34. The fourth-order valence-corrected chi connectivity index (χ4v) is 1.44. The van der Waals surface area contributed by atoms with Crippen LogP contribution in [0, 0.1) is 0 Å². The van der Waals surface area contributed by atoms with Crippen LogP contribution in [-0.4, -0.2) is 56.0 Å². The second kappa shape index (κ2) is 10.9. The van der Waals surface area contributed by atoms with Crippen molar-refractivity contribution in [2.45, 2.75) is 12.7 Å². The maximum atomic E-state index is 9.60. The third-order valence-electron chi connectivity index (χ3n) is 2.34. The normalized spacial score (nSPS) is 12.5. The van der Waals surface area contributed by atoms with Gasteiger partial charge in [0.25, 0.3) is 0 Å². The molecule has 0 aliphatic heterocycles. The Hall–Kier alpha value is -0.980. The number of ether oxygens (including phenoxy) is 3. The largest absolute Gasteiger partial charge is 0.394 e. The van der Waals surface area contributed by atoms with Gasteiger partial charge in [0.05, 0.1) is 46.2 Å². The van der Waals surface area contributed by atoms with Crippen molar-refractivity contribution in [3.05, 3.63) is 35.9 Å². The highest BCUT2D eigenvalue weighted by molar-refractivity contribution is 5.13. The minimum Gasteiger partial charge on any atom is -0.394 e. The van der Waals surface area contributed by atoms with E-state index in [2.05, 4.69) is 0 Å². The first kappa shape index (κ1) is 16.1. The quantitative estimate of drug-likeness (QED) is 0.576. The van der Waals surface area contributed by atoms with Gasteiger partial charge in [0.15, 0.2) is 0 Å². The van der Waals surface area contributed by atoms with Crippen LogP contribution in [0.5, 0.6) is 0 Å². The van der Waals surface area contributed by atoms with Crippen LogP contribution in [0.4, 0.5) is 0 Å². The van der Waals surface area contributed by atoms with Crippen LogP contribution >= 0.6 is 0 Å². The second-order valence-electron chi connectivity index (χ2n) is 4.07. The van der Waals surface area contributed by atoms with Gasteiger partial charge in [-0.05, 0) is 5.56 Å². The summed E-state index contributed by atoms with van der Waals surface area (Å²) in [4.78, 5) is 0. The van der Waals surface area contributed by atoms with Gasteiger partial charge in [-0.3, -0.25) is 0 Å². The van der Waals surface area contributed by atoms with Gasteiger partial charge >= 0.3 is 0 Å². The molecule has 0 radical (unpaired) electrons. The molecule has 108 valence electrons. The van der Waals surface area contributed by atoms with Crippen LogP contribution in [0.15, 0.2) is 30.3 Å². The maximum absolute atomic E-state index is 9.60. The van der Waals surface area contributed by atoms with Crippen LogP contribution in [0.3, 0.4) is 0 Å². The van der Waals surface area contributed by atoms with E-state index in [0.717, 1.165) is 5.56 Å². The molecule has 0 aliphatic rings. The number of benzene rings is 1. The number of rotatable bonds is 11. The fourth-order valence-electron chi connectivity index (χ4n) is 1.44. The first-order chi connectivity index (χ1) is 9.33. The van der Waals surface area contributed by atoms with Gasteiger partial charge in [0.2, 0.25) is 0 Å². The lowest BCUT2D eigenvalue weighted by molar-refractivity contribution is -0.0372. The lowest BCUT2D eigenvalue weighted by Gasteiger charge is -2.12. The van der Waals surface area contributed by atoms with E-state index in [1.54, 1.807) is 0 Å². The molecule has 1 aromatic rings. The van der Waals surface area contributed by atoms with Gasteiger partial charge in [-0.15, -0.1) is 0 Å². The summed E-state index contributed by atoms with van der Waals surface area (Å²) in [6.45, 7) is 2.08. The van der Waals surface area contributed by atoms with Crippen LogP contribution in [0.1, 0.15) is 5.56 Å². The van der Waals surface area contributed by atoms with Gasteiger partial charge in [-0.1, -0.05) is 30.3 Å².